The molecule has 2 aliphatic heterocycles. The zero-order valence-electron chi connectivity index (χ0n) is 15.0. The molecule has 4 rings (SSSR count). The van der Waals surface area contributed by atoms with Crippen LogP contribution in [0.15, 0.2) is 30.5 Å². The van der Waals surface area contributed by atoms with E-state index in [9.17, 15) is 9.18 Å². The molecule has 2 aliphatic rings. The van der Waals surface area contributed by atoms with Gasteiger partial charge in [-0.05, 0) is 56.3 Å². The van der Waals surface area contributed by atoms with Gasteiger partial charge in [0, 0.05) is 18.7 Å². The third kappa shape index (κ3) is 3.51. The highest BCUT2D eigenvalue weighted by Gasteiger charge is 2.32. The van der Waals surface area contributed by atoms with Crippen LogP contribution in [0, 0.1) is 5.82 Å². The molecule has 1 amide bonds. The van der Waals surface area contributed by atoms with Crippen molar-refractivity contribution >= 4 is 5.91 Å². The van der Waals surface area contributed by atoms with Gasteiger partial charge in [-0.2, -0.15) is 5.10 Å². The normalized spacial score (nSPS) is 21.3. The Labute approximate surface area is 153 Å². The zero-order chi connectivity index (χ0) is 17.9. The summed E-state index contributed by atoms with van der Waals surface area (Å²) in [6, 6.07) is 6.66. The second-order valence-corrected chi connectivity index (χ2v) is 7.27. The summed E-state index contributed by atoms with van der Waals surface area (Å²) >= 11 is 0. The quantitative estimate of drug-likeness (QED) is 0.914. The number of nitrogens with one attached hydrogen (secondary N) is 1. The van der Waals surface area contributed by atoms with E-state index in [4.69, 9.17) is 0 Å². The van der Waals surface area contributed by atoms with E-state index in [0.29, 0.717) is 6.54 Å². The van der Waals surface area contributed by atoms with Crippen molar-refractivity contribution < 1.29 is 9.18 Å². The van der Waals surface area contributed by atoms with Gasteiger partial charge in [0.1, 0.15) is 5.82 Å². The summed E-state index contributed by atoms with van der Waals surface area (Å²) in [6.45, 7) is 3.17. The fourth-order valence-electron chi connectivity index (χ4n) is 4.17. The summed E-state index contributed by atoms with van der Waals surface area (Å²) in [5, 5.41) is 7.36. The van der Waals surface area contributed by atoms with E-state index in [1.54, 1.807) is 18.3 Å². The summed E-state index contributed by atoms with van der Waals surface area (Å²) in [6.07, 6.45) is 7.33. The maximum atomic E-state index is 13.2. The van der Waals surface area contributed by atoms with Crippen LogP contribution in [0.1, 0.15) is 43.8 Å². The van der Waals surface area contributed by atoms with Gasteiger partial charge >= 0.3 is 0 Å². The number of halogens is 1. The van der Waals surface area contributed by atoms with Crippen molar-refractivity contribution in [2.24, 2.45) is 0 Å². The van der Waals surface area contributed by atoms with Gasteiger partial charge in [0.05, 0.1) is 24.5 Å². The van der Waals surface area contributed by atoms with Crippen molar-refractivity contribution in [1.29, 1.82) is 0 Å². The molecule has 3 heterocycles. The molecular weight excluding hydrogens is 331 g/mol. The molecule has 2 aromatic rings. The highest BCUT2D eigenvalue weighted by atomic mass is 19.1. The number of nitrogens with zero attached hydrogens (tertiary/aromatic N) is 3. The molecule has 2 saturated heterocycles. The van der Waals surface area contributed by atoms with E-state index in [2.05, 4.69) is 15.1 Å². The third-order valence-corrected chi connectivity index (χ3v) is 5.57. The van der Waals surface area contributed by atoms with E-state index >= 15 is 0 Å². The minimum absolute atomic E-state index is 0.159. The van der Waals surface area contributed by atoms with Crippen molar-refractivity contribution in [3.05, 3.63) is 42.0 Å². The highest BCUT2D eigenvalue weighted by molar-refractivity contribution is 5.78. The predicted octanol–water partition coefficient (Wildman–Crippen LogP) is 3.37. The van der Waals surface area contributed by atoms with Crippen molar-refractivity contribution in [3.63, 3.8) is 0 Å². The number of aromatic nitrogens is 2. The van der Waals surface area contributed by atoms with Gasteiger partial charge in [-0.1, -0.05) is 12.1 Å². The fourth-order valence-corrected chi connectivity index (χ4v) is 4.17. The molecule has 6 heteroatoms. The number of amides is 1. The number of hydrogen-bond acceptors (Lipinski definition) is 3. The van der Waals surface area contributed by atoms with Crippen molar-refractivity contribution in [1.82, 2.24) is 20.0 Å². The smallest absolute Gasteiger partial charge is 0.236 e. The topological polar surface area (TPSA) is 52.2 Å². The number of hydrogen-bond donors (Lipinski definition) is 1. The van der Waals surface area contributed by atoms with Crippen LogP contribution in [-0.4, -0.2) is 52.1 Å². The van der Waals surface area contributed by atoms with Crippen LogP contribution >= 0.6 is 0 Å². The minimum Gasteiger partial charge on any atom is -0.342 e. The number of benzene rings is 1. The van der Waals surface area contributed by atoms with E-state index in [-0.39, 0.29) is 17.8 Å². The largest absolute Gasteiger partial charge is 0.342 e. The maximum Gasteiger partial charge on any atom is 0.236 e. The van der Waals surface area contributed by atoms with Crippen LogP contribution < -0.4 is 0 Å². The number of piperidine rings is 1. The summed E-state index contributed by atoms with van der Waals surface area (Å²) < 4.78 is 13.2. The second kappa shape index (κ2) is 7.58. The molecule has 0 radical (unpaired) electrons. The molecule has 1 N–H and O–H groups in total. The molecule has 1 atom stereocenters. The standard InChI is InChI=1S/C20H25FN4O/c21-16-8-6-15(7-9-16)17-13-22-23-20(17)18-5-4-12-25(18)14-19(26)24-10-2-1-3-11-24/h6-9,13,18H,1-5,10-12,14H2,(H,22,23)/t18-/m1/s1. The van der Waals surface area contributed by atoms with Gasteiger partial charge in [0.15, 0.2) is 0 Å². The molecule has 1 aromatic carbocycles. The fraction of sp³-hybridized carbons (Fsp3) is 0.500. The van der Waals surface area contributed by atoms with Gasteiger partial charge < -0.3 is 4.90 Å². The van der Waals surface area contributed by atoms with E-state index in [1.165, 1.54) is 18.6 Å². The monoisotopic (exact) mass is 356 g/mol. The van der Waals surface area contributed by atoms with E-state index in [1.807, 2.05) is 4.90 Å². The number of carbonyl (C=O) groups is 1. The summed E-state index contributed by atoms with van der Waals surface area (Å²) in [5.74, 6) is -0.00661. The van der Waals surface area contributed by atoms with Crippen LogP contribution in [0.5, 0.6) is 0 Å². The van der Waals surface area contributed by atoms with Gasteiger partial charge in [0.25, 0.3) is 0 Å². The molecule has 1 aromatic heterocycles. The zero-order valence-corrected chi connectivity index (χ0v) is 15.0. The summed E-state index contributed by atoms with van der Waals surface area (Å²) in [5.41, 5.74) is 2.97. The molecule has 138 valence electrons. The number of likely N-dealkylation sites (tertiary alicyclic amines) is 2. The molecule has 0 aliphatic carbocycles. The number of rotatable bonds is 4. The van der Waals surface area contributed by atoms with E-state index < -0.39 is 0 Å². The van der Waals surface area contributed by atoms with Gasteiger partial charge in [-0.3, -0.25) is 14.8 Å². The molecule has 0 spiro atoms. The summed E-state index contributed by atoms with van der Waals surface area (Å²) in [4.78, 5) is 16.9. The van der Waals surface area contributed by atoms with Gasteiger partial charge in [0.2, 0.25) is 5.91 Å². The molecule has 0 saturated carbocycles. The lowest BCUT2D eigenvalue weighted by atomic mass is 10.0. The van der Waals surface area contributed by atoms with Crippen molar-refractivity contribution in [2.75, 3.05) is 26.2 Å². The molecule has 0 bridgehead atoms. The van der Waals surface area contributed by atoms with Crippen molar-refractivity contribution in [3.8, 4) is 11.1 Å². The Morgan fingerprint density at radius 3 is 2.65 bits per heavy atom. The summed E-state index contributed by atoms with van der Waals surface area (Å²) in [7, 11) is 0. The highest BCUT2D eigenvalue weighted by Crippen LogP contribution is 2.36. The Bertz CT molecular complexity index is 751. The first-order chi connectivity index (χ1) is 12.7. The van der Waals surface area contributed by atoms with Gasteiger partial charge in [-0.25, -0.2) is 4.39 Å². The van der Waals surface area contributed by atoms with Crippen LogP contribution in [0.3, 0.4) is 0 Å². The molecule has 26 heavy (non-hydrogen) atoms. The van der Waals surface area contributed by atoms with E-state index in [0.717, 1.165) is 62.1 Å². The maximum absolute atomic E-state index is 13.2. The SMILES string of the molecule is O=C(CN1CCC[C@@H]1c1[nH]ncc1-c1ccc(F)cc1)N1CCCCC1. The van der Waals surface area contributed by atoms with Crippen LogP contribution in [-0.2, 0) is 4.79 Å². The Morgan fingerprint density at radius 1 is 1.12 bits per heavy atom. The lowest BCUT2D eigenvalue weighted by molar-refractivity contribution is -0.133. The van der Waals surface area contributed by atoms with Crippen LogP contribution in [0.4, 0.5) is 4.39 Å². The number of H-pyrrole nitrogens is 1. The Balaban J connectivity index is 1.51. The third-order valence-electron chi connectivity index (χ3n) is 5.57. The first-order valence-corrected chi connectivity index (χ1v) is 9.53. The van der Waals surface area contributed by atoms with Crippen molar-refractivity contribution in [2.45, 2.75) is 38.1 Å². The lowest BCUT2D eigenvalue weighted by Gasteiger charge is -2.30. The average Bonchev–Trinajstić information content (AvgIpc) is 3.32. The van der Waals surface area contributed by atoms with Gasteiger partial charge in [-0.15, -0.1) is 0 Å². The second-order valence-electron chi connectivity index (χ2n) is 7.27. The Kier molecular flexibility index (Phi) is 5.02. The number of carbonyl (C=O) groups excluding carboxylic acids is 1. The minimum atomic E-state index is -0.242. The Hall–Kier alpha value is -2.21. The first kappa shape index (κ1) is 17.2. The lowest BCUT2D eigenvalue weighted by Crippen LogP contribution is -2.42. The molecule has 2 fully saturated rings. The first-order valence-electron chi connectivity index (χ1n) is 9.53. The molecule has 5 nitrogen and oxygen atoms in total. The Morgan fingerprint density at radius 2 is 1.88 bits per heavy atom. The predicted molar refractivity (Wildman–Crippen MR) is 98.0 cm³/mol. The van der Waals surface area contributed by atoms with Crippen LogP contribution in [0.2, 0.25) is 0 Å². The molecular formula is C20H25FN4O. The number of aromatic amines is 1. The average molecular weight is 356 g/mol. The molecule has 0 unspecified atom stereocenters. The van der Waals surface area contributed by atoms with Crippen LogP contribution in [0.25, 0.3) is 11.1 Å².